The molecule has 0 bridgehead atoms. The van der Waals surface area contributed by atoms with Crippen LogP contribution in [0.5, 0.6) is 0 Å². The van der Waals surface area contributed by atoms with Crippen molar-refractivity contribution in [3.05, 3.63) is 54.1 Å². The summed E-state index contributed by atoms with van der Waals surface area (Å²) in [5, 5.41) is 9.84. The molecule has 0 aromatic heterocycles. The lowest BCUT2D eigenvalue weighted by Gasteiger charge is -2.18. The van der Waals surface area contributed by atoms with Gasteiger partial charge in [-0.25, -0.2) is 21.9 Å². The SMILES string of the molecule is O=S(=O)(N[C@H]1CCCC[C@@H](O)C1)c1ccc(-c2ccc(F)cc2F)cc1. The molecule has 1 aliphatic rings. The van der Waals surface area contributed by atoms with Crippen LogP contribution in [0.1, 0.15) is 32.1 Å². The van der Waals surface area contributed by atoms with E-state index < -0.39 is 27.8 Å². The molecule has 0 amide bonds. The summed E-state index contributed by atoms with van der Waals surface area (Å²) in [5.74, 6) is -1.37. The second-order valence-corrected chi connectivity index (χ2v) is 8.35. The first kappa shape index (κ1) is 18.9. The van der Waals surface area contributed by atoms with Gasteiger partial charge in [0.2, 0.25) is 10.0 Å². The van der Waals surface area contributed by atoms with E-state index in [1.165, 1.54) is 30.3 Å². The van der Waals surface area contributed by atoms with Gasteiger partial charge in [0.25, 0.3) is 0 Å². The van der Waals surface area contributed by atoms with Crippen LogP contribution in [0.4, 0.5) is 8.78 Å². The van der Waals surface area contributed by atoms with Crippen LogP contribution in [-0.2, 0) is 10.0 Å². The Morgan fingerprint density at radius 1 is 1.00 bits per heavy atom. The van der Waals surface area contributed by atoms with Gasteiger partial charge in [0, 0.05) is 17.7 Å². The molecule has 2 aromatic carbocycles. The number of aliphatic hydroxyl groups is 1. The van der Waals surface area contributed by atoms with E-state index in [-0.39, 0.29) is 16.5 Å². The predicted octanol–water partition coefficient (Wildman–Crippen LogP) is 3.60. The summed E-state index contributed by atoms with van der Waals surface area (Å²) in [6, 6.07) is 8.74. The third kappa shape index (κ3) is 4.47. The highest BCUT2D eigenvalue weighted by Gasteiger charge is 2.24. The lowest BCUT2D eigenvalue weighted by molar-refractivity contribution is 0.150. The molecule has 0 heterocycles. The number of nitrogens with one attached hydrogen (secondary N) is 1. The molecule has 26 heavy (non-hydrogen) atoms. The van der Waals surface area contributed by atoms with Gasteiger partial charge in [-0.1, -0.05) is 25.0 Å². The lowest BCUT2D eigenvalue weighted by atomic mass is 10.1. The first-order valence-electron chi connectivity index (χ1n) is 8.61. The minimum Gasteiger partial charge on any atom is -0.393 e. The third-order valence-corrected chi connectivity index (χ3v) is 6.16. The number of hydrogen-bond donors (Lipinski definition) is 2. The van der Waals surface area contributed by atoms with Crippen molar-refractivity contribution in [1.82, 2.24) is 4.72 Å². The summed E-state index contributed by atoms with van der Waals surface area (Å²) >= 11 is 0. The Bertz CT molecular complexity index is 869. The molecule has 0 radical (unpaired) electrons. The maximum Gasteiger partial charge on any atom is 0.240 e. The van der Waals surface area contributed by atoms with Crippen molar-refractivity contribution >= 4 is 10.0 Å². The molecule has 4 nitrogen and oxygen atoms in total. The fraction of sp³-hybridized carbons (Fsp3) is 0.368. The highest BCUT2D eigenvalue weighted by atomic mass is 32.2. The van der Waals surface area contributed by atoms with Crippen LogP contribution < -0.4 is 4.72 Å². The largest absolute Gasteiger partial charge is 0.393 e. The van der Waals surface area contributed by atoms with E-state index in [4.69, 9.17) is 0 Å². The summed E-state index contributed by atoms with van der Waals surface area (Å²) in [6.07, 6.45) is 3.04. The minimum absolute atomic E-state index is 0.0718. The molecule has 140 valence electrons. The maximum absolute atomic E-state index is 13.9. The number of halogens is 2. The molecule has 2 atom stereocenters. The summed E-state index contributed by atoms with van der Waals surface area (Å²) in [6.45, 7) is 0. The Labute approximate surface area is 151 Å². The van der Waals surface area contributed by atoms with E-state index >= 15 is 0 Å². The molecule has 0 aliphatic heterocycles. The van der Waals surface area contributed by atoms with Gasteiger partial charge >= 0.3 is 0 Å². The van der Waals surface area contributed by atoms with E-state index in [1.54, 1.807) is 0 Å². The Hall–Kier alpha value is -1.83. The molecule has 1 fully saturated rings. The van der Waals surface area contributed by atoms with Crippen molar-refractivity contribution in [3.63, 3.8) is 0 Å². The van der Waals surface area contributed by atoms with E-state index in [0.29, 0.717) is 24.8 Å². The van der Waals surface area contributed by atoms with Gasteiger partial charge in [-0.3, -0.25) is 0 Å². The van der Waals surface area contributed by atoms with Crippen molar-refractivity contribution in [3.8, 4) is 11.1 Å². The van der Waals surface area contributed by atoms with E-state index in [2.05, 4.69) is 4.72 Å². The lowest BCUT2D eigenvalue weighted by Crippen LogP contribution is -2.36. The zero-order valence-electron chi connectivity index (χ0n) is 14.2. The number of benzene rings is 2. The van der Waals surface area contributed by atoms with Crippen molar-refractivity contribution in [2.24, 2.45) is 0 Å². The van der Waals surface area contributed by atoms with Crippen LogP contribution in [0.3, 0.4) is 0 Å². The number of sulfonamides is 1. The Morgan fingerprint density at radius 3 is 2.38 bits per heavy atom. The number of aliphatic hydroxyl groups excluding tert-OH is 1. The summed E-state index contributed by atoms with van der Waals surface area (Å²) < 4.78 is 54.7. The summed E-state index contributed by atoms with van der Waals surface area (Å²) in [7, 11) is -3.73. The molecule has 0 unspecified atom stereocenters. The van der Waals surface area contributed by atoms with E-state index in [0.717, 1.165) is 25.0 Å². The molecule has 2 aromatic rings. The van der Waals surface area contributed by atoms with Crippen LogP contribution >= 0.6 is 0 Å². The molecule has 3 rings (SSSR count). The first-order valence-corrected chi connectivity index (χ1v) is 10.1. The molecular formula is C19H21F2NO3S. The van der Waals surface area contributed by atoms with E-state index in [9.17, 15) is 22.3 Å². The topological polar surface area (TPSA) is 66.4 Å². The first-order chi connectivity index (χ1) is 12.3. The van der Waals surface area contributed by atoms with Crippen LogP contribution in [-0.4, -0.2) is 25.7 Å². The smallest absolute Gasteiger partial charge is 0.240 e. The van der Waals surface area contributed by atoms with Crippen molar-refractivity contribution in [2.45, 2.75) is 49.1 Å². The van der Waals surface area contributed by atoms with Gasteiger partial charge < -0.3 is 5.11 Å². The predicted molar refractivity (Wildman–Crippen MR) is 95.0 cm³/mol. The maximum atomic E-state index is 13.9. The second-order valence-electron chi connectivity index (χ2n) is 6.64. The Kier molecular flexibility index (Phi) is 5.70. The van der Waals surface area contributed by atoms with Crippen LogP contribution in [0.25, 0.3) is 11.1 Å². The summed E-state index contributed by atoms with van der Waals surface area (Å²) in [5.41, 5.74) is 0.668. The fourth-order valence-corrected chi connectivity index (χ4v) is 4.55. The number of rotatable bonds is 4. The van der Waals surface area contributed by atoms with Crippen molar-refractivity contribution in [1.29, 1.82) is 0 Å². The van der Waals surface area contributed by atoms with E-state index in [1.807, 2.05) is 0 Å². The normalized spacial score (nSPS) is 21.3. The third-order valence-electron chi connectivity index (χ3n) is 4.63. The van der Waals surface area contributed by atoms with Gasteiger partial charge in [-0.2, -0.15) is 0 Å². The van der Waals surface area contributed by atoms with Gasteiger partial charge in [-0.05, 0) is 49.1 Å². The number of hydrogen-bond acceptors (Lipinski definition) is 3. The van der Waals surface area contributed by atoms with Gasteiger partial charge in [0.05, 0.1) is 11.0 Å². The van der Waals surface area contributed by atoms with Gasteiger partial charge in [0.15, 0.2) is 0 Å². The molecule has 1 saturated carbocycles. The van der Waals surface area contributed by atoms with Crippen molar-refractivity contribution < 1.29 is 22.3 Å². The molecule has 0 saturated heterocycles. The zero-order chi connectivity index (χ0) is 18.7. The molecule has 2 N–H and O–H groups in total. The second kappa shape index (κ2) is 7.82. The molecule has 0 spiro atoms. The minimum atomic E-state index is -3.73. The van der Waals surface area contributed by atoms with Crippen molar-refractivity contribution in [2.75, 3.05) is 0 Å². The highest BCUT2D eigenvalue weighted by Crippen LogP contribution is 2.25. The molecular weight excluding hydrogens is 360 g/mol. The molecule has 7 heteroatoms. The Balaban J connectivity index is 1.78. The monoisotopic (exact) mass is 381 g/mol. The summed E-state index contributed by atoms with van der Waals surface area (Å²) in [4.78, 5) is 0.0718. The average molecular weight is 381 g/mol. The zero-order valence-corrected chi connectivity index (χ0v) is 15.0. The quantitative estimate of drug-likeness (QED) is 0.796. The Morgan fingerprint density at radius 2 is 1.69 bits per heavy atom. The van der Waals surface area contributed by atoms with Crippen LogP contribution in [0.15, 0.2) is 47.4 Å². The fourth-order valence-electron chi connectivity index (χ4n) is 3.27. The highest BCUT2D eigenvalue weighted by molar-refractivity contribution is 7.89. The van der Waals surface area contributed by atoms with Gasteiger partial charge in [-0.15, -0.1) is 0 Å². The average Bonchev–Trinajstić information content (AvgIpc) is 2.78. The van der Waals surface area contributed by atoms with Crippen LogP contribution in [0.2, 0.25) is 0 Å². The standard InChI is InChI=1S/C19H21F2NO3S/c20-14-7-10-18(19(21)11-14)13-5-8-17(9-6-13)26(24,25)22-15-3-1-2-4-16(23)12-15/h5-11,15-16,22-23H,1-4,12H2/t15-,16+/m0/s1. The molecule has 1 aliphatic carbocycles. The van der Waals surface area contributed by atoms with Crippen LogP contribution in [0, 0.1) is 11.6 Å². The van der Waals surface area contributed by atoms with Gasteiger partial charge in [0.1, 0.15) is 11.6 Å².